The maximum atomic E-state index is 12.1. The number of sulfonamides is 1. The van der Waals surface area contributed by atoms with Crippen molar-refractivity contribution < 1.29 is 13.5 Å². The van der Waals surface area contributed by atoms with Crippen molar-refractivity contribution in [2.24, 2.45) is 0 Å². The average Bonchev–Trinajstić information content (AvgIpc) is 2.45. The number of nitrogens with one attached hydrogen (secondary N) is 1. The van der Waals surface area contributed by atoms with Gasteiger partial charge >= 0.3 is 0 Å². The third kappa shape index (κ3) is 5.55. The molecule has 6 heteroatoms. The summed E-state index contributed by atoms with van der Waals surface area (Å²) in [7, 11) is -3.50. The Hall–Kier alpha value is -1.00. The van der Waals surface area contributed by atoms with E-state index < -0.39 is 10.0 Å². The first-order chi connectivity index (χ1) is 9.49. The molecule has 0 aromatic heterocycles. The molecule has 0 bridgehead atoms. The lowest BCUT2D eigenvalue weighted by atomic mass is 10.2. The largest absolute Gasteiger partial charge is 0.384 e. The summed E-state index contributed by atoms with van der Waals surface area (Å²) in [5.74, 6) is 5.19. The molecule has 20 heavy (non-hydrogen) atoms. The van der Waals surface area contributed by atoms with Crippen LogP contribution in [0, 0.1) is 11.8 Å². The Morgan fingerprint density at radius 1 is 1.45 bits per heavy atom. The number of hydrogen-bond acceptors (Lipinski definition) is 4. The molecule has 0 fully saturated rings. The molecule has 2 N–H and O–H groups in total. The Bertz CT molecular complexity index is 588. The van der Waals surface area contributed by atoms with Crippen molar-refractivity contribution in [3.8, 4) is 11.8 Å². The molecule has 0 aliphatic heterocycles. The smallest absolute Gasteiger partial charge is 0.240 e. The SMILES string of the molecule is CSC(C)CCNS(=O)(=O)c1cccc(C#CCO)c1. The van der Waals surface area contributed by atoms with Gasteiger partial charge in [0.25, 0.3) is 0 Å². The van der Waals surface area contributed by atoms with Crippen LogP contribution in [-0.4, -0.2) is 38.2 Å². The van der Waals surface area contributed by atoms with Gasteiger partial charge in [0.05, 0.1) is 4.90 Å². The molecule has 1 aromatic rings. The number of aliphatic hydroxyl groups excluding tert-OH is 1. The van der Waals surface area contributed by atoms with Gasteiger partial charge in [-0.25, -0.2) is 13.1 Å². The second kappa shape index (κ2) is 8.32. The molecule has 0 spiro atoms. The molecule has 1 aromatic carbocycles. The molecule has 0 saturated carbocycles. The van der Waals surface area contributed by atoms with Gasteiger partial charge in [0.1, 0.15) is 6.61 Å². The van der Waals surface area contributed by atoms with Crippen LogP contribution < -0.4 is 4.72 Å². The zero-order chi connectivity index (χ0) is 15.0. The fourth-order valence-corrected chi connectivity index (χ4v) is 2.93. The van der Waals surface area contributed by atoms with Crippen LogP contribution >= 0.6 is 11.8 Å². The third-order valence-electron chi connectivity index (χ3n) is 2.70. The molecule has 1 unspecified atom stereocenters. The van der Waals surface area contributed by atoms with Crippen molar-refractivity contribution >= 4 is 21.8 Å². The van der Waals surface area contributed by atoms with Gasteiger partial charge in [-0.2, -0.15) is 11.8 Å². The van der Waals surface area contributed by atoms with E-state index in [2.05, 4.69) is 23.5 Å². The number of aliphatic hydroxyl groups is 1. The van der Waals surface area contributed by atoms with E-state index in [0.717, 1.165) is 6.42 Å². The Balaban J connectivity index is 2.77. The van der Waals surface area contributed by atoms with Crippen molar-refractivity contribution in [3.63, 3.8) is 0 Å². The topological polar surface area (TPSA) is 66.4 Å². The van der Waals surface area contributed by atoms with Gasteiger partial charge in [0.2, 0.25) is 10.0 Å². The standard InChI is InChI=1S/C14H19NO3S2/c1-12(19-2)8-9-15-20(17,18)14-7-3-5-13(11-14)6-4-10-16/h3,5,7,11-12,15-16H,8-10H2,1-2H3. The summed E-state index contributed by atoms with van der Waals surface area (Å²) in [6, 6.07) is 6.38. The second-order valence-corrected chi connectivity index (χ2v) is 7.26. The van der Waals surface area contributed by atoms with Gasteiger partial charge in [0, 0.05) is 17.4 Å². The summed E-state index contributed by atoms with van der Waals surface area (Å²) in [5, 5.41) is 9.06. The van der Waals surface area contributed by atoms with Gasteiger partial charge in [0.15, 0.2) is 0 Å². The van der Waals surface area contributed by atoms with Crippen molar-refractivity contribution in [2.75, 3.05) is 19.4 Å². The minimum Gasteiger partial charge on any atom is -0.384 e. The van der Waals surface area contributed by atoms with Crippen LogP contribution in [0.2, 0.25) is 0 Å². The van der Waals surface area contributed by atoms with E-state index in [0.29, 0.717) is 17.4 Å². The highest BCUT2D eigenvalue weighted by molar-refractivity contribution is 7.99. The normalized spacial score (nSPS) is 12.6. The lowest BCUT2D eigenvalue weighted by Crippen LogP contribution is -2.26. The fourth-order valence-electron chi connectivity index (χ4n) is 1.48. The van der Waals surface area contributed by atoms with E-state index >= 15 is 0 Å². The zero-order valence-corrected chi connectivity index (χ0v) is 13.2. The van der Waals surface area contributed by atoms with Crippen LogP contribution in [0.1, 0.15) is 18.9 Å². The zero-order valence-electron chi connectivity index (χ0n) is 11.6. The molecular formula is C14H19NO3S2. The molecule has 0 amide bonds. The maximum absolute atomic E-state index is 12.1. The molecular weight excluding hydrogens is 294 g/mol. The minimum absolute atomic E-state index is 0.194. The summed E-state index contributed by atoms with van der Waals surface area (Å²) in [6.07, 6.45) is 2.78. The lowest BCUT2D eigenvalue weighted by molar-refractivity contribution is 0.350. The van der Waals surface area contributed by atoms with Gasteiger partial charge < -0.3 is 5.11 Å². The van der Waals surface area contributed by atoms with Crippen LogP contribution in [0.3, 0.4) is 0 Å². The predicted molar refractivity (Wildman–Crippen MR) is 83.2 cm³/mol. The predicted octanol–water partition coefficient (Wildman–Crippen LogP) is 1.45. The highest BCUT2D eigenvalue weighted by atomic mass is 32.2. The summed E-state index contributed by atoms with van der Waals surface area (Å²) >= 11 is 1.71. The molecule has 1 atom stereocenters. The van der Waals surface area contributed by atoms with Crippen molar-refractivity contribution in [1.82, 2.24) is 4.72 Å². The summed E-state index contributed by atoms with van der Waals surface area (Å²) in [4.78, 5) is 0.194. The Kier molecular flexibility index (Phi) is 7.10. The molecule has 0 aliphatic rings. The molecule has 4 nitrogen and oxygen atoms in total. The molecule has 0 saturated heterocycles. The molecule has 0 heterocycles. The number of thioether (sulfide) groups is 1. The highest BCUT2D eigenvalue weighted by Crippen LogP contribution is 2.12. The number of rotatable bonds is 6. The lowest BCUT2D eigenvalue weighted by Gasteiger charge is -2.10. The highest BCUT2D eigenvalue weighted by Gasteiger charge is 2.14. The Labute approximate surface area is 125 Å². The second-order valence-electron chi connectivity index (χ2n) is 4.22. The van der Waals surface area contributed by atoms with E-state index in [1.807, 2.05) is 6.26 Å². The van der Waals surface area contributed by atoms with Crippen LogP contribution in [-0.2, 0) is 10.0 Å². The molecule has 1 rings (SSSR count). The molecule has 0 radical (unpaired) electrons. The van der Waals surface area contributed by atoms with E-state index in [1.165, 1.54) is 12.1 Å². The van der Waals surface area contributed by atoms with E-state index in [4.69, 9.17) is 5.11 Å². The number of hydrogen-bond donors (Lipinski definition) is 2. The van der Waals surface area contributed by atoms with Gasteiger partial charge in [-0.05, 0) is 30.9 Å². The van der Waals surface area contributed by atoms with Crippen molar-refractivity contribution in [1.29, 1.82) is 0 Å². The fraction of sp³-hybridized carbons (Fsp3) is 0.429. The summed E-state index contributed by atoms with van der Waals surface area (Å²) in [6.45, 7) is 2.22. The molecule has 0 aliphatic carbocycles. The Morgan fingerprint density at radius 2 is 2.20 bits per heavy atom. The molecule has 110 valence electrons. The van der Waals surface area contributed by atoms with Gasteiger partial charge in [-0.1, -0.05) is 24.8 Å². The minimum atomic E-state index is -3.50. The average molecular weight is 313 g/mol. The van der Waals surface area contributed by atoms with Crippen molar-refractivity contribution in [2.45, 2.75) is 23.5 Å². The quantitative estimate of drug-likeness (QED) is 0.780. The Morgan fingerprint density at radius 3 is 2.85 bits per heavy atom. The van der Waals surface area contributed by atoms with Crippen LogP contribution in [0.25, 0.3) is 0 Å². The third-order valence-corrected chi connectivity index (χ3v) is 5.20. The first-order valence-corrected chi connectivity index (χ1v) is 8.99. The maximum Gasteiger partial charge on any atom is 0.240 e. The van der Waals surface area contributed by atoms with Crippen LogP contribution in [0.4, 0.5) is 0 Å². The monoisotopic (exact) mass is 313 g/mol. The van der Waals surface area contributed by atoms with E-state index in [9.17, 15) is 8.42 Å². The van der Waals surface area contributed by atoms with Crippen molar-refractivity contribution in [3.05, 3.63) is 29.8 Å². The van der Waals surface area contributed by atoms with Crippen LogP contribution in [0.15, 0.2) is 29.2 Å². The van der Waals surface area contributed by atoms with Gasteiger partial charge in [-0.15, -0.1) is 0 Å². The van der Waals surface area contributed by atoms with Crippen LogP contribution in [0.5, 0.6) is 0 Å². The van der Waals surface area contributed by atoms with E-state index in [1.54, 1.807) is 23.9 Å². The first kappa shape index (κ1) is 17.1. The summed E-state index contributed by atoms with van der Waals surface area (Å²) < 4.78 is 26.8. The number of benzene rings is 1. The summed E-state index contributed by atoms with van der Waals surface area (Å²) in [5.41, 5.74) is 0.569. The van der Waals surface area contributed by atoms with Gasteiger partial charge in [-0.3, -0.25) is 0 Å². The van der Waals surface area contributed by atoms with E-state index in [-0.39, 0.29) is 11.5 Å². The first-order valence-electron chi connectivity index (χ1n) is 6.22.